The van der Waals surface area contributed by atoms with E-state index in [0.717, 1.165) is 0 Å². The summed E-state index contributed by atoms with van der Waals surface area (Å²) >= 11 is 0. The van der Waals surface area contributed by atoms with Crippen molar-refractivity contribution in [3.63, 3.8) is 0 Å². The SMILES string of the molecule is OCC1NC[C@H](O)[C@@H](O)C1O. The molecule has 5 heteroatoms. The quantitative estimate of drug-likeness (QED) is 0.285. The van der Waals surface area contributed by atoms with Crippen molar-refractivity contribution in [2.24, 2.45) is 0 Å². The Kier molecular flexibility index (Phi) is 2.80. The molecule has 0 aromatic rings. The molecule has 0 bridgehead atoms. The number of aliphatic hydroxyl groups excluding tert-OH is 4. The summed E-state index contributed by atoms with van der Waals surface area (Å²) in [7, 11) is 0. The zero-order valence-corrected chi connectivity index (χ0v) is 6.01. The van der Waals surface area contributed by atoms with Gasteiger partial charge in [-0.1, -0.05) is 0 Å². The van der Waals surface area contributed by atoms with Crippen LogP contribution in [0.25, 0.3) is 0 Å². The van der Waals surface area contributed by atoms with Crippen molar-refractivity contribution in [2.75, 3.05) is 13.2 Å². The Balaban J connectivity index is 2.52. The minimum atomic E-state index is -1.16. The summed E-state index contributed by atoms with van der Waals surface area (Å²) in [5, 5.41) is 38.6. The molecule has 5 nitrogen and oxygen atoms in total. The van der Waals surface area contributed by atoms with Gasteiger partial charge in [0.25, 0.3) is 0 Å². The zero-order valence-electron chi connectivity index (χ0n) is 6.01. The third kappa shape index (κ3) is 1.69. The highest BCUT2D eigenvalue weighted by molar-refractivity contribution is 4.91. The van der Waals surface area contributed by atoms with Gasteiger partial charge in [-0.25, -0.2) is 0 Å². The average molecular weight is 163 g/mol. The van der Waals surface area contributed by atoms with Gasteiger partial charge in [0.05, 0.1) is 24.9 Å². The second-order valence-corrected chi connectivity index (χ2v) is 2.75. The maximum atomic E-state index is 9.18. The number of hydrogen-bond acceptors (Lipinski definition) is 5. The number of hydrogen-bond donors (Lipinski definition) is 5. The number of β-amino-alcohol motifs (C(OH)–C–C–N with tert-alkyl or cyclic N) is 1. The van der Waals surface area contributed by atoms with E-state index in [0.29, 0.717) is 0 Å². The molecule has 0 amide bonds. The van der Waals surface area contributed by atoms with E-state index in [1.807, 2.05) is 0 Å². The molecule has 0 aromatic carbocycles. The number of nitrogens with one attached hydrogen (secondary N) is 1. The number of piperidine rings is 1. The van der Waals surface area contributed by atoms with Crippen LogP contribution in [0.15, 0.2) is 0 Å². The van der Waals surface area contributed by atoms with Crippen LogP contribution in [0.4, 0.5) is 0 Å². The van der Waals surface area contributed by atoms with Crippen LogP contribution in [0.3, 0.4) is 0 Å². The van der Waals surface area contributed by atoms with Gasteiger partial charge in [0, 0.05) is 6.54 Å². The minimum absolute atomic E-state index is 0.198. The van der Waals surface area contributed by atoms with E-state index < -0.39 is 24.4 Å². The highest BCUT2D eigenvalue weighted by Crippen LogP contribution is 2.09. The Labute approximate surface area is 64.3 Å². The Morgan fingerprint density at radius 2 is 1.82 bits per heavy atom. The summed E-state index contributed by atoms with van der Waals surface area (Å²) in [5.74, 6) is 0. The molecule has 1 aliphatic rings. The molecule has 0 radical (unpaired) electrons. The van der Waals surface area contributed by atoms with Gasteiger partial charge in [-0.15, -0.1) is 0 Å². The second-order valence-electron chi connectivity index (χ2n) is 2.75. The largest absolute Gasteiger partial charge is 0.395 e. The van der Waals surface area contributed by atoms with E-state index in [2.05, 4.69) is 5.32 Å². The number of aliphatic hydroxyl groups is 4. The molecule has 66 valence electrons. The highest BCUT2D eigenvalue weighted by Gasteiger charge is 2.35. The van der Waals surface area contributed by atoms with Crippen LogP contribution in [0, 0.1) is 0 Å². The molecule has 1 rings (SSSR count). The lowest BCUT2D eigenvalue weighted by Gasteiger charge is -2.34. The molecule has 1 saturated heterocycles. The first-order chi connectivity index (χ1) is 5.16. The van der Waals surface area contributed by atoms with E-state index in [9.17, 15) is 5.11 Å². The monoisotopic (exact) mass is 163 g/mol. The van der Waals surface area contributed by atoms with E-state index in [1.165, 1.54) is 0 Å². The summed E-state index contributed by atoms with van der Waals surface area (Å²) in [6.45, 7) is -0.0472. The lowest BCUT2D eigenvalue weighted by molar-refractivity contribution is -0.101. The fourth-order valence-electron chi connectivity index (χ4n) is 1.15. The molecular formula is C6H13NO4. The first kappa shape index (κ1) is 8.89. The number of rotatable bonds is 1. The molecule has 0 aliphatic carbocycles. The first-order valence-electron chi connectivity index (χ1n) is 3.55. The minimum Gasteiger partial charge on any atom is -0.395 e. The summed E-state index contributed by atoms with van der Waals surface area (Å²) in [5.41, 5.74) is 0. The molecule has 1 heterocycles. The lowest BCUT2D eigenvalue weighted by Crippen LogP contribution is -2.60. The van der Waals surface area contributed by atoms with Gasteiger partial charge in [-0.2, -0.15) is 0 Å². The smallest absolute Gasteiger partial charge is 0.109 e. The molecule has 2 unspecified atom stereocenters. The maximum absolute atomic E-state index is 9.18. The molecule has 0 saturated carbocycles. The molecule has 0 aromatic heterocycles. The summed E-state index contributed by atoms with van der Waals surface area (Å²) in [6, 6.07) is -0.534. The van der Waals surface area contributed by atoms with Crippen LogP contribution < -0.4 is 5.32 Å². The summed E-state index contributed by atoms with van der Waals surface area (Å²) in [4.78, 5) is 0. The molecule has 11 heavy (non-hydrogen) atoms. The van der Waals surface area contributed by atoms with Gasteiger partial charge >= 0.3 is 0 Å². The zero-order chi connectivity index (χ0) is 8.43. The van der Waals surface area contributed by atoms with Crippen LogP contribution in [0.5, 0.6) is 0 Å². The fraction of sp³-hybridized carbons (Fsp3) is 1.00. The molecule has 4 atom stereocenters. The standard InChI is InChI=1S/C6H13NO4/c8-2-3-5(10)6(11)4(9)1-7-3/h3-11H,1-2H2/t3?,4-,5?,6+/m0/s1. The van der Waals surface area contributed by atoms with Gasteiger partial charge in [0.2, 0.25) is 0 Å². The summed E-state index contributed by atoms with van der Waals surface area (Å²) in [6.07, 6.45) is -3.20. The fourth-order valence-corrected chi connectivity index (χ4v) is 1.15. The molecular weight excluding hydrogens is 150 g/mol. The molecule has 0 spiro atoms. The van der Waals surface area contributed by atoms with Crippen molar-refractivity contribution in [3.8, 4) is 0 Å². The van der Waals surface area contributed by atoms with E-state index in [1.54, 1.807) is 0 Å². The van der Waals surface area contributed by atoms with Gasteiger partial charge in [0.1, 0.15) is 6.10 Å². The average Bonchev–Trinajstić information content (AvgIpc) is 2.01. The van der Waals surface area contributed by atoms with Crippen LogP contribution >= 0.6 is 0 Å². The lowest BCUT2D eigenvalue weighted by atomic mass is 9.97. The van der Waals surface area contributed by atoms with E-state index in [4.69, 9.17) is 15.3 Å². The van der Waals surface area contributed by atoms with Crippen LogP contribution in [0.2, 0.25) is 0 Å². The van der Waals surface area contributed by atoms with Crippen molar-refractivity contribution in [3.05, 3.63) is 0 Å². The first-order valence-corrected chi connectivity index (χ1v) is 3.55. The van der Waals surface area contributed by atoms with Crippen molar-refractivity contribution < 1.29 is 20.4 Å². The Bertz CT molecular complexity index is 130. The van der Waals surface area contributed by atoms with Gasteiger partial charge in [0.15, 0.2) is 0 Å². The Hall–Kier alpha value is -0.200. The summed E-state index contributed by atoms with van der Waals surface area (Å²) < 4.78 is 0. The third-order valence-corrected chi connectivity index (χ3v) is 1.94. The van der Waals surface area contributed by atoms with Crippen molar-refractivity contribution in [1.29, 1.82) is 0 Å². The predicted octanol–water partition coefficient (Wildman–Crippen LogP) is -2.97. The second kappa shape index (κ2) is 3.46. The Morgan fingerprint density at radius 1 is 1.18 bits per heavy atom. The molecule has 1 aliphatic heterocycles. The van der Waals surface area contributed by atoms with E-state index in [-0.39, 0.29) is 13.2 Å². The van der Waals surface area contributed by atoms with Crippen molar-refractivity contribution in [1.82, 2.24) is 5.32 Å². The van der Waals surface area contributed by atoms with Gasteiger partial charge in [-0.3, -0.25) is 0 Å². The van der Waals surface area contributed by atoms with Crippen molar-refractivity contribution in [2.45, 2.75) is 24.4 Å². The predicted molar refractivity (Wildman–Crippen MR) is 36.9 cm³/mol. The normalized spacial score (nSPS) is 45.8. The van der Waals surface area contributed by atoms with Gasteiger partial charge < -0.3 is 25.7 Å². The van der Waals surface area contributed by atoms with Crippen LogP contribution in [-0.2, 0) is 0 Å². The van der Waals surface area contributed by atoms with Crippen molar-refractivity contribution >= 4 is 0 Å². The van der Waals surface area contributed by atoms with Crippen LogP contribution in [0.1, 0.15) is 0 Å². The molecule has 5 N–H and O–H groups in total. The third-order valence-electron chi connectivity index (χ3n) is 1.94. The Morgan fingerprint density at radius 3 is 2.36 bits per heavy atom. The highest BCUT2D eigenvalue weighted by atomic mass is 16.4. The van der Waals surface area contributed by atoms with Gasteiger partial charge in [-0.05, 0) is 0 Å². The maximum Gasteiger partial charge on any atom is 0.109 e. The van der Waals surface area contributed by atoms with Crippen LogP contribution in [-0.4, -0.2) is 57.9 Å². The topological polar surface area (TPSA) is 93.0 Å². The molecule has 1 fully saturated rings. The van der Waals surface area contributed by atoms with E-state index >= 15 is 0 Å².